The monoisotopic (exact) mass is 305 g/mol. The number of hydrogen-bond donors (Lipinski definition) is 0. The Kier molecular flexibility index (Phi) is 5.34. The Balaban J connectivity index is 2.10. The minimum absolute atomic E-state index is 0.0955. The average molecular weight is 306 g/mol. The van der Waals surface area contributed by atoms with Crippen LogP contribution in [0.5, 0.6) is 11.5 Å². The van der Waals surface area contributed by atoms with E-state index < -0.39 is 0 Å². The molecule has 0 aliphatic carbocycles. The van der Waals surface area contributed by atoms with Crippen LogP contribution in [0, 0.1) is 0 Å². The first-order chi connectivity index (χ1) is 10.1. The number of benzene rings is 2. The number of methoxy groups -OCH3 is 1. The molecule has 2 aromatic carbocycles. The zero-order chi connectivity index (χ0) is 15.2. The van der Waals surface area contributed by atoms with Gasteiger partial charge >= 0.3 is 0 Å². The number of halogens is 1. The Labute approximate surface area is 131 Å². The molecule has 21 heavy (non-hydrogen) atoms. The van der Waals surface area contributed by atoms with E-state index in [1.807, 2.05) is 55.5 Å². The lowest BCUT2D eigenvalue weighted by Gasteiger charge is -2.30. The van der Waals surface area contributed by atoms with E-state index in [1.165, 1.54) is 0 Å². The molecule has 0 aliphatic rings. The van der Waals surface area contributed by atoms with Crippen molar-refractivity contribution < 1.29 is 9.47 Å². The van der Waals surface area contributed by atoms with E-state index in [0.717, 1.165) is 28.8 Å². The fourth-order valence-corrected chi connectivity index (χ4v) is 2.40. The van der Waals surface area contributed by atoms with Crippen LogP contribution in [0.3, 0.4) is 0 Å². The van der Waals surface area contributed by atoms with Gasteiger partial charge in [-0.1, -0.05) is 17.7 Å². The van der Waals surface area contributed by atoms with Gasteiger partial charge in [0, 0.05) is 17.3 Å². The third kappa shape index (κ3) is 4.05. The van der Waals surface area contributed by atoms with Crippen molar-refractivity contribution in [2.45, 2.75) is 20.1 Å². The summed E-state index contributed by atoms with van der Waals surface area (Å²) < 4.78 is 11.1. The predicted molar refractivity (Wildman–Crippen MR) is 87.6 cm³/mol. The maximum atomic E-state index is 6.06. The van der Waals surface area contributed by atoms with Crippen LogP contribution in [0.1, 0.15) is 13.8 Å². The largest absolute Gasteiger partial charge is 0.497 e. The van der Waals surface area contributed by atoms with Crippen LogP contribution >= 0.6 is 11.6 Å². The van der Waals surface area contributed by atoms with E-state index in [4.69, 9.17) is 21.1 Å². The van der Waals surface area contributed by atoms with Gasteiger partial charge < -0.3 is 14.4 Å². The lowest BCUT2D eigenvalue weighted by Crippen LogP contribution is -2.37. The molecule has 4 heteroatoms. The lowest BCUT2D eigenvalue weighted by atomic mass is 10.2. The molecule has 0 aliphatic heterocycles. The molecule has 0 radical (unpaired) electrons. The number of anilines is 1. The Morgan fingerprint density at radius 3 is 2.33 bits per heavy atom. The van der Waals surface area contributed by atoms with Crippen LogP contribution < -0.4 is 14.4 Å². The number of ether oxygens (including phenoxy) is 2. The summed E-state index contributed by atoms with van der Waals surface area (Å²) in [4.78, 5) is 2.15. The number of nitrogens with zero attached hydrogens (tertiary/aromatic N) is 1. The van der Waals surface area contributed by atoms with Crippen LogP contribution in [0.2, 0.25) is 5.02 Å². The molecule has 0 heterocycles. The second kappa shape index (κ2) is 7.23. The highest BCUT2D eigenvalue weighted by molar-refractivity contribution is 6.30. The van der Waals surface area contributed by atoms with Crippen LogP contribution in [0.4, 0.5) is 5.69 Å². The van der Waals surface area contributed by atoms with E-state index in [-0.39, 0.29) is 6.23 Å². The molecule has 0 bridgehead atoms. The molecule has 0 spiro atoms. The quantitative estimate of drug-likeness (QED) is 0.728. The molecular weight excluding hydrogens is 286 g/mol. The van der Waals surface area contributed by atoms with Gasteiger partial charge in [-0.05, 0) is 56.3 Å². The van der Waals surface area contributed by atoms with Gasteiger partial charge in [-0.25, -0.2) is 0 Å². The van der Waals surface area contributed by atoms with Gasteiger partial charge in [0.25, 0.3) is 0 Å². The van der Waals surface area contributed by atoms with Crippen LogP contribution in [0.15, 0.2) is 48.5 Å². The molecule has 0 saturated heterocycles. The second-order valence-electron chi connectivity index (χ2n) is 4.66. The van der Waals surface area contributed by atoms with Gasteiger partial charge in [0.15, 0.2) is 6.23 Å². The van der Waals surface area contributed by atoms with Crippen molar-refractivity contribution in [3.8, 4) is 11.5 Å². The Bertz CT molecular complexity index is 571. The van der Waals surface area contributed by atoms with Crippen molar-refractivity contribution in [1.29, 1.82) is 0 Å². The first-order valence-corrected chi connectivity index (χ1v) is 7.34. The molecule has 0 fully saturated rings. The highest BCUT2D eigenvalue weighted by Gasteiger charge is 2.14. The zero-order valence-electron chi connectivity index (χ0n) is 12.5. The molecule has 112 valence electrons. The van der Waals surface area contributed by atoms with Crippen molar-refractivity contribution in [3.05, 3.63) is 53.6 Å². The van der Waals surface area contributed by atoms with Gasteiger partial charge in [0.05, 0.1) is 7.11 Å². The Morgan fingerprint density at radius 2 is 1.76 bits per heavy atom. The van der Waals surface area contributed by atoms with E-state index >= 15 is 0 Å². The van der Waals surface area contributed by atoms with Gasteiger partial charge in [0.2, 0.25) is 0 Å². The summed E-state index contributed by atoms with van der Waals surface area (Å²) in [6.45, 7) is 4.95. The van der Waals surface area contributed by atoms with Crippen molar-refractivity contribution in [2.24, 2.45) is 0 Å². The fraction of sp³-hybridized carbons (Fsp3) is 0.294. The van der Waals surface area contributed by atoms with Gasteiger partial charge in [-0.2, -0.15) is 0 Å². The molecular formula is C17H20ClNO2. The predicted octanol–water partition coefficient (Wildman–Crippen LogP) is 4.60. The third-order valence-corrected chi connectivity index (χ3v) is 3.52. The summed E-state index contributed by atoms with van der Waals surface area (Å²) >= 11 is 6.06. The summed E-state index contributed by atoms with van der Waals surface area (Å²) in [5.74, 6) is 1.63. The summed E-state index contributed by atoms with van der Waals surface area (Å²) in [7, 11) is 1.65. The fourth-order valence-electron chi connectivity index (χ4n) is 2.22. The molecule has 2 aromatic rings. The van der Waals surface area contributed by atoms with Gasteiger partial charge in [-0.15, -0.1) is 0 Å². The van der Waals surface area contributed by atoms with Crippen LogP contribution in [-0.2, 0) is 0 Å². The third-order valence-electron chi connectivity index (χ3n) is 3.29. The first kappa shape index (κ1) is 15.5. The first-order valence-electron chi connectivity index (χ1n) is 6.97. The summed E-state index contributed by atoms with van der Waals surface area (Å²) in [5, 5.41) is 0.725. The van der Waals surface area contributed by atoms with Crippen molar-refractivity contribution in [2.75, 3.05) is 18.6 Å². The van der Waals surface area contributed by atoms with E-state index in [9.17, 15) is 0 Å². The van der Waals surface area contributed by atoms with Gasteiger partial charge in [-0.3, -0.25) is 0 Å². The molecule has 0 aromatic heterocycles. The highest BCUT2D eigenvalue weighted by atomic mass is 35.5. The van der Waals surface area contributed by atoms with Crippen molar-refractivity contribution in [1.82, 2.24) is 0 Å². The van der Waals surface area contributed by atoms with Gasteiger partial charge in [0.1, 0.15) is 11.5 Å². The number of hydrogen-bond acceptors (Lipinski definition) is 3. The maximum Gasteiger partial charge on any atom is 0.169 e. The highest BCUT2D eigenvalue weighted by Crippen LogP contribution is 2.24. The standard InChI is InChI=1S/C17H20ClNO2/c1-4-19(15-7-5-6-14(18)12-15)13(2)21-17-10-8-16(20-3)9-11-17/h5-13H,4H2,1-3H3. The van der Waals surface area contributed by atoms with E-state index in [1.54, 1.807) is 7.11 Å². The van der Waals surface area contributed by atoms with Crippen LogP contribution in [0.25, 0.3) is 0 Å². The summed E-state index contributed by atoms with van der Waals surface area (Å²) in [5.41, 5.74) is 1.05. The number of rotatable bonds is 6. The van der Waals surface area contributed by atoms with E-state index in [2.05, 4.69) is 11.8 Å². The Hall–Kier alpha value is -1.87. The normalized spacial score (nSPS) is 11.8. The average Bonchev–Trinajstić information content (AvgIpc) is 2.49. The Morgan fingerprint density at radius 1 is 1.10 bits per heavy atom. The van der Waals surface area contributed by atoms with Crippen LogP contribution in [-0.4, -0.2) is 19.9 Å². The maximum absolute atomic E-state index is 6.06. The second-order valence-corrected chi connectivity index (χ2v) is 5.10. The minimum atomic E-state index is -0.0955. The molecule has 0 saturated carbocycles. The molecule has 2 rings (SSSR count). The molecule has 3 nitrogen and oxygen atoms in total. The zero-order valence-corrected chi connectivity index (χ0v) is 13.3. The molecule has 1 atom stereocenters. The molecule has 1 unspecified atom stereocenters. The molecule has 0 N–H and O–H groups in total. The SMILES string of the molecule is CCN(c1cccc(Cl)c1)C(C)Oc1ccc(OC)cc1. The van der Waals surface area contributed by atoms with Crippen molar-refractivity contribution in [3.63, 3.8) is 0 Å². The minimum Gasteiger partial charge on any atom is -0.497 e. The van der Waals surface area contributed by atoms with Crippen molar-refractivity contribution >= 4 is 17.3 Å². The smallest absolute Gasteiger partial charge is 0.169 e. The topological polar surface area (TPSA) is 21.7 Å². The lowest BCUT2D eigenvalue weighted by molar-refractivity contribution is 0.216. The summed E-state index contributed by atoms with van der Waals surface area (Å²) in [6.07, 6.45) is -0.0955. The van der Waals surface area contributed by atoms with E-state index in [0.29, 0.717) is 0 Å². The summed E-state index contributed by atoms with van der Waals surface area (Å²) in [6, 6.07) is 15.4. The molecule has 0 amide bonds.